The van der Waals surface area contributed by atoms with Gasteiger partial charge in [-0.1, -0.05) is 25.7 Å². The fourth-order valence-corrected chi connectivity index (χ4v) is 3.89. The fourth-order valence-electron chi connectivity index (χ4n) is 3.89. The van der Waals surface area contributed by atoms with E-state index in [1.54, 1.807) is 12.1 Å². The number of carbonyl (C=O) groups is 3. The Morgan fingerprint density at radius 3 is 2.52 bits per heavy atom. The number of carbonyl (C=O) groups excluding carboxylic acids is 3. The minimum atomic E-state index is -0.665. The topological polar surface area (TPSA) is 88.9 Å². The lowest BCUT2D eigenvalue weighted by Crippen LogP contribution is -2.49. The summed E-state index contributed by atoms with van der Waals surface area (Å²) in [5.74, 6) is -0.897. The Hall–Kier alpha value is -2.31. The van der Waals surface area contributed by atoms with Crippen LogP contribution in [0.25, 0.3) is 0 Å². The first-order valence-electron chi connectivity index (χ1n) is 9.95. The van der Waals surface area contributed by atoms with Crippen LogP contribution >= 0.6 is 0 Å². The number of likely N-dealkylation sites (tertiary alicyclic amines) is 1. The van der Waals surface area contributed by atoms with E-state index in [1.807, 2.05) is 0 Å². The predicted octanol–water partition coefficient (Wildman–Crippen LogP) is 2.66. The minimum absolute atomic E-state index is 0.172. The molecule has 7 nitrogen and oxygen atoms in total. The Balaban J connectivity index is 1.50. The summed E-state index contributed by atoms with van der Waals surface area (Å²) in [7, 11) is 0. The smallest absolute Gasteiger partial charge is 0.329 e. The molecule has 148 valence electrons. The molecule has 2 aliphatic rings. The molecule has 2 amide bonds. The highest BCUT2D eigenvalue weighted by atomic mass is 16.5. The zero-order valence-electron chi connectivity index (χ0n) is 15.7. The molecule has 0 aromatic carbocycles. The van der Waals surface area contributed by atoms with Crippen LogP contribution in [0.5, 0.6) is 0 Å². The molecule has 1 aromatic rings. The quantitative estimate of drug-likeness (QED) is 0.630. The Labute approximate surface area is 159 Å². The van der Waals surface area contributed by atoms with E-state index < -0.39 is 12.0 Å². The van der Waals surface area contributed by atoms with Crippen molar-refractivity contribution in [3.05, 3.63) is 24.2 Å². The lowest BCUT2D eigenvalue weighted by atomic mass is 10.0. The summed E-state index contributed by atoms with van der Waals surface area (Å²) in [6.45, 7) is 0.183. The summed E-state index contributed by atoms with van der Waals surface area (Å²) in [6, 6.07) is 2.73. The molecule has 3 rings (SSSR count). The zero-order chi connectivity index (χ0) is 19.1. The Morgan fingerprint density at radius 1 is 1.07 bits per heavy atom. The molecular weight excluding hydrogens is 348 g/mol. The van der Waals surface area contributed by atoms with Gasteiger partial charge < -0.3 is 19.4 Å². The Morgan fingerprint density at radius 2 is 1.81 bits per heavy atom. The number of hydrogen-bond donors (Lipinski definition) is 1. The third-order valence-corrected chi connectivity index (χ3v) is 5.33. The number of rotatable bonds is 5. The van der Waals surface area contributed by atoms with E-state index in [0.717, 1.165) is 38.5 Å². The van der Waals surface area contributed by atoms with Gasteiger partial charge in [-0.2, -0.15) is 0 Å². The monoisotopic (exact) mass is 376 g/mol. The second-order valence-electron chi connectivity index (χ2n) is 7.35. The molecule has 1 aliphatic heterocycles. The van der Waals surface area contributed by atoms with Crippen molar-refractivity contribution in [2.24, 2.45) is 0 Å². The van der Waals surface area contributed by atoms with Crippen LogP contribution in [0, 0.1) is 0 Å². The number of nitrogens with one attached hydrogen (secondary N) is 1. The molecular formula is C20H28N2O5. The maximum Gasteiger partial charge on any atom is 0.329 e. The highest BCUT2D eigenvalue weighted by Gasteiger charge is 2.35. The molecule has 2 fully saturated rings. The van der Waals surface area contributed by atoms with Crippen molar-refractivity contribution in [2.45, 2.75) is 69.9 Å². The molecule has 1 saturated heterocycles. The maximum atomic E-state index is 12.6. The lowest BCUT2D eigenvalue weighted by molar-refractivity contribution is -0.154. The molecule has 0 bridgehead atoms. The van der Waals surface area contributed by atoms with Crippen molar-refractivity contribution < 1.29 is 23.5 Å². The number of hydrogen-bond acceptors (Lipinski definition) is 5. The molecule has 7 heteroatoms. The van der Waals surface area contributed by atoms with Gasteiger partial charge in [0.2, 0.25) is 0 Å². The third kappa shape index (κ3) is 5.34. The fraction of sp³-hybridized carbons (Fsp3) is 0.650. The van der Waals surface area contributed by atoms with Crippen LogP contribution in [0.15, 0.2) is 22.8 Å². The van der Waals surface area contributed by atoms with Crippen molar-refractivity contribution >= 4 is 17.8 Å². The second-order valence-corrected chi connectivity index (χ2v) is 7.35. The van der Waals surface area contributed by atoms with Gasteiger partial charge in [0.15, 0.2) is 12.4 Å². The first-order chi connectivity index (χ1) is 13.1. The molecule has 1 saturated carbocycles. The van der Waals surface area contributed by atoms with Crippen LogP contribution < -0.4 is 5.32 Å². The second kappa shape index (κ2) is 9.58. The van der Waals surface area contributed by atoms with Gasteiger partial charge in [0.1, 0.15) is 6.04 Å². The normalized spacial score (nSPS) is 21.3. The summed E-state index contributed by atoms with van der Waals surface area (Å²) in [4.78, 5) is 38.7. The molecule has 27 heavy (non-hydrogen) atoms. The molecule has 1 N–H and O–H groups in total. The van der Waals surface area contributed by atoms with E-state index >= 15 is 0 Å². The summed E-state index contributed by atoms with van der Waals surface area (Å²) in [6.07, 6.45) is 10.3. The number of furan rings is 1. The van der Waals surface area contributed by atoms with Gasteiger partial charge in [0, 0.05) is 12.6 Å². The maximum absolute atomic E-state index is 12.6. The highest BCUT2D eigenvalue weighted by molar-refractivity contribution is 5.95. The van der Waals surface area contributed by atoms with E-state index in [1.165, 1.54) is 24.0 Å². The molecule has 0 spiro atoms. The van der Waals surface area contributed by atoms with E-state index in [-0.39, 0.29) is 30.2 Å². The average Bonchev–Trinajstić information content (AvgIpc) is 3.11. The van der Waals surface area contributed by atoms with Crippen LogP contribution in [0.2, 0.25) is 0 Å². The van der Waals surface area contributed by atoms with Crippen LogP contribution in [0.3, 0.4) is 0 Å². The Kier molecular flexibility index (Phi) is 6.90. The number of ether oxygens (including phenoxy) is 1. The van der Waals surface area contributed by atoms with Crippen LogP contribution in [0.1, 0.15) is 68.3 Å². The molecule has 0 radical (unpaired) electrons. The van der Waals surface area contributed by atoms with Gasteiger partial charge in [0.05, 0.1) is 6.26 Å². The molecule has 1 aromatic heterocycles. The minimum Gasteiger partial charge on any atom is -0.459 e. The van der Waals surface area contributed by atoms with Gasteiger partial charge in [0.25, 0.3) is 11.8 Å². The largest absolute Gasteiger partial charge is 0.459 e. The SMILES string of the molecule is O=C(COC(=O)[C@@H]1CCCCN1C(=O)c1ccco1)NC1CCCCCC1. The van der Waals surface area contributed by atoms with E-state index in [4.69, 9.17) is 9.15 Å². The van der Waals surface area contributed by atoms with E-state index in [0.29, 0.717) is 13.0 Å². The molecule has 0 unspecified atom stereocenters. The number of esters is 1. The number of piperidine rings is 1. The zero-order valence-corrected chi connectivity index (χ0v) is 15.7. The van der Waals surface area contributed by atoms with Crippen LogP contribution in [0.4, 0.5) is 0 Å². The standard InChI is InChI=1S/C20H28N2O5/c23-18(21-15-8-3-1-2-4-9-15)14-27-20(25)16-10-5-6-12-22(16)19(24)17-11-7-13-26-17/h7,11,13,15-16H,1-6,8-10,12,14H2,(H,21,23)/t16-/m0/s1. The predicted molar refractivity (Wildman–Crippen MR) is 98.0 cm³/mol. The Bertz CT molecular complexity index is 635. The third-order valence-electron chi connectivity index (χ3n) is 5.33. The lowest BCUT2D eigenvalue weighted by Gasteiger charge is -2.33. The van der Waals surface area contributed by atoms with Gasteiger partial charge >= 0.3 is 5.97 Å². The van der Waals surface area contributed by atoms with Crippen LogP contribution in [-0.4, -0.2) is 47.9 Å². The van der Waals surface area contributed by atoms with Gasteiger partial charge in [-0.15, -0.1) is 0 Å². The van der Waals surface area contributed by atoms with Gasteiger partial charge in [-0.3, -0.25) is 9.59 Å². The molecule has 1 atom stereocenters. The van der Waals surface area contributed by atoms with Crippen molar-refractivity contribution in [3.63, 3.8) is 0 Å². The number of nitrogens with zero attached hydrogens (tertiary/aromatic N) is 1. The summed E-state index contributed by atoms with van der Waals surface area (Å²) in [5.41, 5.74) is 0. The van der Waals surface area contributed by atoms with Crippen molar-refractivity contribution in [3.8, 4) is 0 Å². The first kappa shape index (κ1) is 19.5. The molecule has 2 heterocycles. The van der Waals surface area contributed by atoms with E-state index in [2.05, 4.69) is 5.32 Å². The van der Waals surface area contributed by atoms with Gasteiger partial charge in [-0.25, -0.2) is 4.79 Å². The van der Waals surface area contributed by atoms with E-state index in [9.17, 15) is 14.4 Å². The average molecular weight is 376 g/mol. The summed E-state index contributed by atoms with van der Waals surface area (Å²) < 4.78 is 10.4. The first-order valence-corrected chi connectivity index (χ1v) is 9.95. The summed E-state index contributed by atoms with van der Waals surface area (Å²) >= 11 is 0. The van der Waals surface area contributed by atoms with Gasteiger partial charge in [-0.05, 0) is 44.2 Å². The molecule has 1 aliphatic carbocycles. The summed E-state index contributed by atoms with van der Waals surface area (Å²) in [5, 5.41) is 2.96. The van der Waals surface area contributed by atoms with Crippen LogP contribution in [-0.2, 0) is 14.3 Å². The van der Waals surface area contributed by atoms with Crippen molar-refractivity contribution in [2.75, 3.05) is 13.2 Å². The highest BCUT2D eigenvalue weighted by Crippen LogP contribution is 2.21. The number of amides is 2. The van der Waals surface area contributed by atoms with Crippen molar-refractivity contribution in [1.82, 2.24) is 10.2 Å². The van der Waals surface area contributed by atoms with Crippen molar-refractivity contribution in [1.29, 1.82) is 0 Å².